The van der Waals surface area contributed by atoms with Crippen LogP contribution in [0.3, 0.4) is 0 Å². The molecule has 3 aromatic rings. The van der Waals surface area contributed by atoms with Crippen molar-refractivity contribution in [3.8, 4) is 11.3 Å². The van der Waals surface area contributed by atoms with Gasteiger partial charge in [0.15, 0.2) is 11.7 Å². The van der Waals surface area contributed by atoms with Gasteiger partial charge >= 0.3 is 0 Å². The van der Waals surface area contributed by atoms with Crippen molar-refractivity contribution >= 4 is 12.4 Å². The van der Waals surface area contributed by atoms with Crippen LogP contribution in [-0.4, -0.2) is 34.4 Å². The molecule has 7 heteroatoms. The van der Waals surface area contributed by atoms with Crippen molar-refractivity contribution in [1.29, 1.82) is 0 Å². The van der Waals surface area contributed by atoms with Crippen LogP contribution < -0.4 is 0 Å². The molecule has 0 amide bonds. The molecule has 1 aliphatic rings. The topological polar surface area (TPSA) is 46.3 Å². The molecule has 2 aromatic carbocycles. The van der Waals surface area contributed by atoms with E-state index in [-0.39, 0.29) is 23.7 Å². The van der Waals surface area contributed by atoms with E-state index >= 15 is 8.78 Å². The van der Waals surface area contributed by atoms with Crippen LogP contribution in [-0.2, 0) is 11.2 Å². The molecule has 2 heterocycles. The molecule has 4 rings (SSSR count). The number of aromatic nitrogens is 1. The van der Waals surface area contributed by atoms with E-state index in [0.29, 0.717) is 24.4 Å². The first kappa shape index (κ1) is 24.0. The third kappa shape index (κ3) is 4.85. The van der Waals surface area contributed by atoms with Crippen LogP contribution in [0.15, 0.2) is 47.0 Å². The average Bonchev–Trinajstić information content (AvgIpc) is 3.19. The Morgan fingerprint density at radius 1 is 1.21 bits per heavy atom. The molecule has 0 aliphatic carbocycles. The van der Waals surface area contributed by atoms with Crippen LogP contribution in [0.2, 0.25) is 0 Å². The maximum atomic E-state index is 15.4. The lowest BCUT2D eigenvalue weighted by molar-refractivity contribution is -0.104. The number of alkyl halides is 1. The Kier molecular flexibility index (Phi) is 6.49. The Morgan fingerprint density at radius 3 is 2.50 bits per heavy atom. The highest BCUT2D eigenvalue weighted by Crippen LogP contribution is 2.42. The van der Waals surface area contributed by atoms with Gasteiger partial charge in [0.1, 0.15) is 23.6 Å². The summed E-state index contributed by atoms with van der Waals surface area (Å²) in [5.41, 5.74) is 0.991. The van der Waals surface area contributed by atoms with Crippen LogP contribution in [0.4, 0.5) is 13.2 Å². The maximum absolute atomic E-state index is 15.4. The van der Waals surface area contributed by atoms with Crippen LogP contribution in [0.1, 0.15) is 55.0 Å². The second-order valence-electron chi connectivity index (χ2n) is 9.40. The van der Waals surface area contributed by atoms with Gasteiger partial charge in [-0.1, -0.05) is 18.2 Å². The first-order valence-corrected chi connectivity index (χ1v) is 11.2. The number of carbonyl (C=O) groups is 1. The van der Waals surface area contributed by atoms with Crippen molar-refractivity contribution < 1.29 is 22.4 Å². The molecule has 0 saturated heterocycles. The van der Waals surface area contributed by atoms with Crippen molar-refractivity contribution in [1.82, 2.24) is 9.88 Å². The lowest BCUT2D eigenvalue weighted by Crippen LogP contribution is -2.48. The zero-order chi connectivity index (χ0) is 24.6. The maximum Gasteiger partial charge on any atom is 0.191 e. The molecule has 0 radical (unpaired) electrons. The second kappa shape index (κ2) is 9.22. The molecular weight excluding hydrogens is 441 g/mol. The fraction of sp³-hybridized carbons (Fsp3) is 0.333. The number of rotatable bonds is 6. The third-order valence-electron chi connectivity index (χ3n) is 6.06. The van der Waals surface area contributed by atoms with E-state index < -0.39 is 23.3 Å². The summed E-state index contributed by atoms with van der Waals surface area (Å²) in [6, 6.07) is 7.02. The first-order chi connectivity index (χ1) is 16.1. The summed E-state index contributed by atoms with van der Waals surface area (Å²) in [5, 5.41) is 0. The molecule has 2 atom stereocenters. The fourth-order valence-electron chi connectivity index (χ4n) is 4.68. The molecule has 178 valence electrons. The highest BCUT2D eigenvalue weighted by molar-refractivity contribution is 5.74. The predicted molar refractivity (Wildman–Crippen MR) is 125 cm³/mol. The molecule has 1 aromatic heterocycles. The number of benzene rings is 2. The second-order valence-corrected chi connectivity index (χ2v) is 9.40. The molecule has 4 nitrogen and oxygen atoms in total. The summed E-state index contributed by atoms with van der Waals surface area (Å²) in [4.78, 5) is 16.6. The van der Waals surface area contributed by atoms with Gasteiger partial charge in [-0.3, -0.25) is 9.69 Å². The smallest absolute Gasteiger partial charge is 0.191 e. The van der Waals surface area contributed by atoms with Crippen LogP contribution >= 0.6 is 0 Å². The van der Waals surface area contributed by atoms with E-state index in [2.05, 4.69) is 4.98 Å². The Hall–Kier alpha value is -3.19. The van der Waals surface area contributed by atoms with Gasteiger partial charge in [0.25, 0.3) is 0 Å². The Morgan fingerprint density at radius 2 is 1.91 bits per heavy atom. The molecule has 0 saturated carbocycles. The largest absolute Gasteiger partial charge is 0.441 e. The zero-order valence-corrected chi connectivity index (χ0v) is 19.6. The number of allylic oxidation sites excluding steroid dienone is 1. The highest BCUT2D eigenvalue weighted by atomic mass is 19.1. The molecule has 0 fully saturated rings. The SMILES string of the molecule is Cc1ncc(-c2ccc3c(c2)CC(C)N(CC(C)(C)F)C3c2c(F)cc(/C=C/C=O)cc2F)o1. The summed E-state index contributed by atoms with van der Waals surface area (Å²) >= 11 is 0. The van der Waals surface area contributed by atoms with Gasteiger partial charge < -0.3 is 4.42 Å². The van der Waals surface area contributed by atoms with Crippen molar-refractivity contribution in [2.75, 3.05) is 6.54 Å². The minimum absolute atomic E-state index is 0.00694. The number of aryl methyl sites for hydroxylation is 1. The average molecular weight is 469 g/mol. The number of carbonyl (C=O) groups excluding carboxylic acids is 1. The number of halogens is 3. The van der Waals surface area contributed by atoms with Gasteiger partial charge in [-0.15, -0.1) is 0 Å². The summed E-state index contributed by atoms with van der Waals surface area (Å²) in [7, 11) is 0. The standard InChI is InChI=1S/C27H27F3N2O2/c1-16-10-20-13-19(24-14-31-17(2)34-24)7-8-21(20)26(32(16)15-27(3,4)30)25-22(28)11-18(6-5-9-33)12-23(25)29/h5-9,11-14,16,26H,10,15H2,1-4H3/b6-5+. The highest BCUT2D eigenvalue weighted by Gasteiger charge is 2.39. The summed E-state index contributed by atoms with van der Waals surface area (Å²) in [6.07, 6.45) is 5.29. The number of oxazole rings is 1. The third-order valence-corrected chi connectivity index (χ3v) is 6.06. The molecule has 1 aliphatic heterocycles. The van der Waals surface area contributed by atoms with Gasteiger partial charge in [0, 0.05) is 30.6 Å². The van der Waals surface area contributed by atoms with E-state index in [1.165, 1.54) is 38.1 Å². The van der Waals surface area contributed by atoms with E-state index in [1.807, 2.05) is 30.0 Å². The first-order valence-electron chi connectivity index (χ1n) is 11.2. The van der Waals surface area contributed by atoms with Crippen molar-refractivity contribution in [3.63, 3.8) is 0 Å². The normalized spacial score (nSPS) is 18.9. The Labute approximate surface area is 197 Å². The van der Waals surface area contributed by atoms with Gasteiger partial charge in [-0.25, -0.2) is 18.2 Å². The number of hydrogen-bond acceptors (Lipinski definition) is 4. The minimum Gasteiger partial charge on any atom is -0.441 e. The van der Waals surface area contributed by atoms with Crippen molar-refractivity contribution in [2.24, 2.45) is 0 Å². The zero-order valence-electron chi connectivity index (χ0n) is 19.6. The number of nitrogens with zero attached hydrogens (tertiary/aromatic N) is 2. The summed E-state index contributed by atoms with van der Waals surface area (Å²) in [5.74, 6) is -0.330. The fourth-order valence-corrected chi connectivity index (χ4v) is 4.68. The van der Waals surface area contributed by atoms with E-state index in [4.69, 9.17) is 4.42 Å². The minimum atomic E-state index is -1.57. The van der Waals surface area contributed by atoms with E-state index in [0.717, 1.165) is 16.7 Å². The summed E-state index contributed by atoms with van der Waals surface area (Å²) < 4.78 is 51.2. The van der Waals surface area contributed by atoms with Crippen molar-refractivity contribution in [2.45, 2.75) is 51.9 Å². The van der Waals surface area contributed by atoms with Gasteiger partial charge in [0.05, 0.1) is 12.2 Å². The van der Waals surface area contributed by atoms with Crippen LogP contribution in [0, 0.1) is 18.6 Å². The van der Waals surface area contributed by atoms with Gasteiger partial charge in [-0.2, -0.15) is 0 Å². The number of fused-ring (bicyclic) bond motifs is 1. The quantitative estimate of drug-likeness (QED) is 0.318. The van der Waals surface area contributed by atoms with Crippen molar-refractivity contribution in [3.05, 3.63) is 82.4 Å². The number of hydrogen-bond donors (Lipinski definition) is 0. The molecule has 34 heavy (non-hydrogen) atoms. The summed E-state index contributed by atoms with van der Waals surface area (Å²) in [6.45, 7) is 6.62. The lowest BCUT2D eigenvalue weighted by Gasteiger charge is -2.44. The molecular formula is C27H27F3N2O2. The molecule has 0 bridgehead atoms. The lowest BCUT2D eigenvalue weighted by atomic mass is 9.82. The van der Waals surface area contributed by atoms with Gasteiger partial charge in [-0.05, 0) is 68.2 Å². The Bertz CT molecular complexity index is 1220. The molecule has 0 N–H and O–H groups in total. The van der Waals surface area contributed by atoms with Crippen LogP contribution in [0.5, 0.6) is 0 Å². The predicted octanol–water partition coefficient (Wildman–Crippen LogP) is 6.22. The molecule has 0 spiro atoms. The Balaban J connectivity index is 1.87. The monoisotopic (exact) mass is 468 g/mol. The van der Waals surface area contributed by atoms with E-state index in [9.17, 15) is 9.18 Å². The van der Waals surface area contributed by atoms with Crippen LogP contribution in [0.25, 0.3) is 17.4 Å². The molecule has 2 unspecified atom stereocenters. The van der Waals surface area contributed by atoms with Gasteiger partial charge in [0.2, 0.25) is 0 Å². The van der Waals surface area contributed by atoms with E-state index in [1.54, 1.807) is 13.1 Å². The number of aldehydes is 1.